The normalized spacial score (nSPS) is 36.8. The molecule has 2 atom stereocenters. The summed E-state index contributed by atoms with van der Waals surface area (Å²) in [7, 11) is 0. The third kappa shape index (κ3) is 2.08. The first-order valence-corrected chi connectivity index (χ1v) is 6.16. The minimum atomic E-state index is -0.795. The summed E-state index contributed by atoms with van der Waals surface area (Å²) in [5.74, 6) is 0. The minimum Gasteiger partial charge on any atom is -0.383 e. The molecule has 4 nitrogen and oxygen atoms in total. The van der Waals surface area contributed by atoms with Gasteiger partial charge in [0.05, 0.1) is 18.9 Å². The van der Waals surface area contributed by atoms with Gasteiger partial charge in [0.2, 0.25) is 0 Å². The number of aliphatic hydroxyl groups is 1. The lowest BCUT2D eigenvalue weighted by atomic mass is 9.80. The smallest absolute Gasteiger partial charge is 0.110 e. The number of ether oxygens (including phenoxy) is 1. The maximum atomic E-state index is 10.8. The molecule has 0 amide bonds. The third-order valence-corrected chi connectivity index (χ3v) is 3.64. The van der Waals surface area contributed by atoms with E-state index in [9.17, 15) is 5.11 Å². The zero-order valence-electron chi connectivity index (χ0n) is 10.0. The Labute approximate surface area is 101 Å². The van der Waals surface area contributed by atoms with Gasteiger partial charge in [-0.25, -0.2) is 0 Å². The number of aryl methyl sites for hydroxylation is 1. The van der Waals surface area contributed by atoms with Crippen LogP contribution in [-0.2, 0) is 10.3 Å². The highest BCUT2D eigenvalue weighted by Crippen LogP contribution is 2.35. The summed E-state index contributed by atoms with van der Waals surface area (Å²) in [5.41, 5.74) is 0.961. The van der Waals surface area contributed by atoms with Gasteiger partial charge in [-0.1, -0.05) is 6.07 Å². The van der Waals surface area contributed by atoms with E-state index in [0.717, 1.165) is 11.4 Å². The fourth-order valence-corrected chi connectivity index (χ4v) is 2.93. The van der Waals surface area contributed by atoms with E-state index in [2.05, 4.69) is 10.3 Å². The van der Waals surface area contributed by atoms with E-state index < -0.39 is 5.60 Å². The first kappa shape index (κ1) is 11.1. The Balaban J connectivity index is 1.90. The summed E-state index contributed by atoms with van der Waals surface area (Å²) in [6.07, 6.45) is 1.36. The molecule has 92 valence electrons. The van der Waals surface area contributed by atoms with Crippen molar-refractivity contribution >= 4 is 0 Å². The van der Waals surface area contributed by atoms with Crippen molar-refractivity contribution in [2.24, 2.45) is 0 Å². The molecule has 2 bridgehead atoms. The Bertz CT molecular complexity index is 410. The number of morpholine rings is 1. The van der Waals surface area contributed by atoms with Gasteiger partial charge in [-0.15, -0.1) is 0 Å². The van der Waals surface area contributed by atoms with Crippen LogP contribution in [-0.4, -0.2) is 35.4 Å². The molecule has 17 heavy (non-hydrogen) atoms. The van der Waals surface area contributed by atoms with Crippen LogP contribution in [0.15, 0.2) is 18.2 Å². The second-order valence-electron chi connectivity index (χ2n) is 5.20. The molecule has 2 fully saturated rings. The van der Waals surface area contributed by atoms with Crippen LogP contribution < -0.4 is 5.32 Å². The number of aromatic nitrogens is 1. The number of nitrogens with zero attached hydrogens (tertiary/aromatic N) is 1. The molecular weight excluding hydrogens is 216 g/mol. The Morgan fingerprint density at radius 1 is 1.35 bits per heavy atom. The van der Waals surface area contributed by atoms with E-state index in [-0.39, 0.29) is 12.1 Å². The Morgan fingerprint density at radius 3 is 2.71 bits per heavy atom. The number of fused-ring (bicyclic) bond motifs is 2. The van der Waals surface area contributed by atoms with Crippen molar-refractivity contribution in [1.29, 1.82) is 0 Å². The molecular formula is C13H18N2O2. The predicted octanol–water partition coefficient (Wildman–Crippen LogP) is 0.728. The number of hydrogen-bond acceptors (Lipinski definition) is 4. The molecule has 2 aliphatic rings. The fourth-order valence-electron chi connectivity index (χ4n) is 2.93. The first-order valence-electron chi connectivity index (χ1n) is 6.16. The highest BCUT2D eigenvalue weighted by Gasteiger charge is 2.43. The SMILES string of the molecule is Cc1cccc(C2(O)CC3COCC(C2)N3)n1. The van der Waals surface area contributed by atoms with Gasteiger partial charge in [-0.2, -0.15) is 0 Å². The van der Waals surface area contributed by atoms with Crippen molar-refractivity contribution in [2.45, 2.75) is 37.5 Å². The van der Waals surface area contributed by atoms with Crippen molar-refractivity contribution in [1.82, 2.24) is 10.3 Å². The summed E-state index contributed by atoms with van der Waals surface area (Å²) in [6, 6.07) is 6.33. The van der Waals surface area contributed by atoms with Gasteiger partial charge in [0.25, 0.3) is 0 Å². The van der Waals surface area contributed by atoms with Crippen LogP contribution in [0.4, 0.5) is 0 Å². The Hall–Kier alpha value is -0.970. The Kier molecular flexibility index (Phi) is 2.65. The molecule has 1 aromatic heterocycles. The van der Waals surface area contributed by atoms with Gasteiger partial charge >= 0.3 is 0 Å². The van der Waals surface area contributed by atoms with Crippen LogP contribution in [0.2, 0.25) is 0 Å². The summed E-state index contributed by atoms with van der Waals surface area (Å²) in [5, 5.41) is 14.3. The van der Waals surface area contributed by atoms with Crippen molar-refractivity contribution in [3.8, 4) is 0 Å². The maximum Gasteiger partial charge on any atom is 0.110 e. The van der Waals surface area contributed by atoms with Gasteiger partial charge in [-0.05, 0) is 31.9 Å². The highest BCUT2D eigenvalue weighted by atomic mass is 16.5. The number of piperidine rings is 1. The van der Waals surface area contributed by atoms with E-state index in [4.69, 9.17) is 4.74 Å². The van der Waals surface area contributed by atoms with E-state index >= 15 is 0 Å². The topological polar surface area (TPSA) is 54.4 Å². The molecule has 2 N–H and O–H groups in total. The van der Waals surface area contributed by atoms with Gasteiger partial charge in [-0.3, -0.25) is 4.98 Å². The maximum absolute atomic E-state index is 10.8. The molecule has 3 heterocycles. The molecule has 0 aromatic carbocycles. The van der Waals surface area contributed by atoms with Crippen LogP contribution in [0.3, 0.4) is 0 Å². The lowest BCUT2D eigenvalue weighted by Crippen LogP contribution is -2.58. The number of nitrogens with one attached hydrogen (secondary N) is 1. The average Bonchev–Trinajstić information content (AvgIpc) is 2.28. The zero-order chi connectivity index (χ0) is 11.9. The molecule has 2 unspecified atom stereocenters. The first-order chi connectivity index (χ1) is 8.16. The zero-order valence-corrected chi connectivity index (χ0v) is 10.0. The highest BCUT2D eigenvalue weighted by molar-refractivity contribution is 5.19. The molecule has 3 rings (SSSR count). The number of pyridine rings is 1. The second kappa shape index (κ2) is 4.05. The lowest BCUT2D eigenvalue weighted by Gasteiger charge is -2.44. The van der Waals surface area contributed by atoms with Crippen LogP contribution in [0.5, 0.6) is 0 Å². The van der Waals surface area contributed by atoms with Gasteiger partial charge in [0, 0.05) is 17.8 Å². The lowest BCUT2D eigenvalue weighted by molar-refractivity contribution is -0.0824. The van der Waals surface area contributed by atoms with Crippen molar-refractivity contribution < 1.29 is 9.84 Å². The monoisotopic (exact) mass is 234 g/mol. The number of rotatable bonds is 1. The summed E-state index contributed by atoms with van der Waals surface area (Å²) >= 11 is 0. The van der Waals surface area contributed by atoms with E-state index in [1.165, 1.54) is 0 Å². The average molecular weight is 234 g/mol. The summed E-state index contributed by atoms with van der Waals surface area (Å²) in [4.78, 5) is 4.48. The predicted molar refractivity (Wildman–Crippen MR) is 63.6 cm³/mol. The standard InChI is InChI=1S/C13H18N2O2/c1-9-3-2-4-12(14-9)13(16)5-10-7-17-8-11(6-13)15-10/h2-4,10-11,15-16H,5-8H2,1H3. The van der Waals surface area contributed by atoms with E-state index in [0.29, 0.717) is 26.1 Å². The van der Waals surface area contributed by atoms with Crippen molar-refractivity contribution in [3.63, 3.8) is 0 Å². The third-order valence-electron chi connectivity index (χ3n) is 3.64. The van der Waals surface area contributed by atoms with Crippen LogP contribution in [0.25, 0.3) is 0 Å². The summed E-state index contributed by atoms with van der Waals surface area (Å²) < 4.78 is 5.50. The van der Waals surface area contributed by atoms with Crippen LogP contribution in [0.1, 0.15) is 24.2 Å². The Morgan fingerprint density at radius 2 is 2.06 bits per heavy atom. The minimum absolute atomic E-state index is 0.245. The molecule has 1 aromatic rings. The molecule has 0 saturated carbocycles. The largest absolute Gasteiger partial charge is 0.383 e. The van der Waals surface area contributed by atoms with Crippen LogP contribution >= 0.6 is 0 Å². The fraction of sp³-hybridized carbons (Fsp3) is 0.615. The van der Waals surface area contributed by atoms with Gasteiger partial charge in [0.1, 0.15) is 5.60 Å². The molecule has 2 saturated heterocycles. The van der Waals surface area contributed by atoms with Crippen molar-refractivity contribution in [3.05, 3.63) is 29.6 Å². The van der Waals surface area contributed by atoms with Gasteiger partial charge in [0.15, 0.2) is 0 Å². The molecule has 0 aliphatic carbocycles. The number of hydrogen-bond donors (Lipinski definition) is 2. The van der Waals surface area contributed by atoms with Crippen LogP contribution in [0, 0.1) is 6.92 Å². The molecule has 0 spiro atoms. The van der Waals surface area contributed by atoms with Crippen molar-refractivity contribution in [2.75, 3.05) is 13.2 Å². The molecule has 2 aliphatic heterocycles. The second-order valence-corrected chi connectivity index (χ2v) is 5.20. The van der Waals surface area contributed by atoms with Gasteiger partial charge < -0.3 is 15.2 Å². The quantitative estimate of drug-likeness (QED) is 0.752. The van der Waals surface area contributed by atoms with E-state index in [1.54, 1.807) is 0 Å². The molecule has 0 radical (unpaired) electrons. The van der Waals surface area contributed by atoms with E-state index in [1.807, 2.05) is 25.1 Å². The molecule has 4 heteroatoms. The summed E-state index contributed by atoms with van der Waals surface area (Å²) in [6.45, 7) is 3.33.